The van der Waals surface area contributed by atoms with Crippen molar-refractivity contribution in [2.45, 2.75) is 19.3 Å². The molecule has 114 valence electrons. The van der Waals surface area contributed by atoms with Gasteiger partial charge in [0.25, 0.3) is 0 Å². The number of hydrogen-bond donors (Lipinski definition) is 2. The topological polar surface area (TPSA) is 76.0 Å². The number of para-hydroxylation sites is 1. The summed E-state index contributed by atoms with van der Waals surface area (Å²) in [6.45, 7) is 0. The third-order valence-corrected chi connectivity index (χ3v) is 3.81. The Kier molecular flexibility index (Phi) is 3.91. The number of nitrogens with one attached hydrogen (secondary N) is 2. The zero-order valence-corrected chi connectivity index (χ0v) is 12.4. The van der Waals surface area contributed by atoms with Gasteiger partial charge in [0, 0.05) is 37.3 Å². The number of hydrogen-bond acceptors (Lipinski definition) is 3. The van der Waals surface area contributed by atoms with Crippen molar-refractivity contribution in [3.8, 4) is 0 Å². The molecule has 2 N–H and O–H groups in total. The Morgan fingerprint density at radius 2 is 2.23 bits per heavy atom. The van der Waals surface area contributed by atoms with Gasteiger partial charge in [0.05, 0.1) is 0 Å². The molecule has 1 atom stereocenters. The fourth-order valence-electron chi connectivity index (χ4n) is 2.64. The highest BCUT2D eigenvalue weighted by Crippen LogP contribution is 2.27. The largest absolute Gasteiger partial charge is 0.326 e. The average Bonchev–Trinajstić information content (AvgIpc) is 2.90. The van der Waals surface area contributed by atoms with E-state index in [1.165, 1.54) is 0 Å². The van der Waals surface area contributed by atoms with Crippen LogP contribution in [0.15, 0.2) is 36.5 Å². The number of amides is 2. The van der Waals surface area contributed by atoms with Gasteiger partial charge in [-0.25, -0.2) is 0 Å². The second-order valence-electron chi connectivity index (χ2n) is 5.51. The molecule has 0 radical (unpaired) electrons. The minimum atomic E-state index is -0.163. The monoisotopic (exact) mass is 298 g/mol. The van der Waals surface area contributed by atoms with Gasteiger partial charge in [-0.15, -0.1) is 0 Å². The van der Waals surface area contributed by atoms with E-state index in [0.717, 1.165) is 11.3 Å². The Bertz CT molecular complexity index is 708. The molecular formula is C16H18N4O2. The third kappa shape index (κ3) is 3.16. The second-order valence-corrected chi connectivity index (χ2v) is 5.51. The lowest BCUT2D eigenvalue weighted by Crippen LogP contribution is -2.30. The first kappa shape index (κ1) is 14.3. The summed E-state index contributed by atoms with van der Waals surface area (Å²) in [6, 6.07) is 9.51. The maximum Gasteiger partial charge on any atom is 0.227 e. The van der Waals surface area contributed by atoms with Crippen LogP contribution < -0.4 is 10.6 Å². The molecule has 2 amide bonds. The SMILES string of the molecule is Cn1ccc(NC(=O)CC[C@@H]2Cc3ccccc3NC2=O)n1. The molecule has 0 spiro atoms. The van der Waals surface area contributed by atoms with E-state index < -0.39 is 0 Å². The van der Waals surface area contributed by atoms with Gasteiger partial charge in [-0.2, -0.15) is 5.10 Å². The molecule has 0 bridgehead atoms. The molecular weight excluding hydrogens is 280 g/mol. The predicted octanol–water partition coefficient (Wildman–Crippen LogP) is 1.95. The van der Waals surface area contributed by atoms with E-state index in [-0.39, 0.29) is 17.7 Å². The first-order valence-electron chi connectivity index (χ1n) is 7.30. The summed E-state index contributed by atoms with van der Waals surface area (Å²) < 4.78 is 1.63. The van der Waals surface area contributed by atoms with Crippen molar-refractivity contribution in [2.24, 2.45) is 13.0 Å². The number of carbonyl (C=O) groups is 2. The maximum absolute atomic E-state index is 12.1. The zero-order valence-electron chi connectivity index (χ0n) is 12.4. The Morgan fingerprint density at radius 1 is 1.41 bits per heavy atom. The Morgan fingerprint density at radius 3 is 3.00 bits per heavy atom. The van der Waals surface area contributed by atoms with Gasteiger partial charge in [-0.05, 0) is 24.5 Å². The van der Waals surface area contributed by atoms with Gasteiger partial charge < -0.3 is 10.6 Å². The molecule has 0 aliphatic carbocycles. The number of rotatable bonds is 4. The number of aromatic nitrogens is 2. The molecule has 3 rings (SSSR count). The fraction of sp³-hybridized carbons (Fsp3) is 0.312. The highest BCUT2D eigenvalue weighted by Gasteiger charge is 2.26. The van der Waals surface area contributed by atoms with Crippen molar-refractivity contribution in [1.29, 1.82) is 0 Å². The number of fused-ring (bicyclic) bond motifs is 1. The van der Waals surface area contributed by atoms with Gasteiger partial charge >= 0.3 is 0 Å². The fourth-order valence-corrected chi connectivity index (χ4v) is 2.64. The van der Waals surface area contributed by atoms with Crippen LogP contribution in [-0.2, 0) is 23.1 Å². The maximum atomic E-state index is 12.1. The Balaban J connectivity index is 1.55. The minimum absolute atomic E-state index is 0.00987. The van der Waals surface area contributed by atoms with E-state index >= 15 is 0 Å². The molecule has 1 aliphatic heterocycles. The summed E-state index contributed by atoms with van der Waals surface area (Å²) in [5.74, 6) is 0.241. The van der Waals surface area contributed by atoms with Gasteiger partial charge in [0.15, 0.2) is 5.82 Å². The summed E-state index contributed by atoms with van der Waals surface area (Å²) in [5.41, 5.74) is 2.00. The van der Waals surface area contributed by atoms with Crippen molar-refractivity contribution in [3.63, 3.8) is 0 Å². The highest BCUT2D eigenvalue weighted by molar-refractivity contribution is 5.96. The van der Waals surface area contributed by atoms with Crippen molar-refractivity contribution in [2.75, 3.05) is 10.6 Å². The van der Waals surface area contributed by atoms with E-state index in [4.69, 9.17) is 0 Å². The van der Waals surface area contributed by atoms with Gasteiger partial charge in [-0.3, -0.25) is 14.3 Å². The van der Waals surface area contributed by atoms with E-state index in [2.05, 4.69) is 15.7 Å². The summed E-state index contributed by atoms with van der Waals surface area (Å²) >= 11 is 0. The summed E-state index contributed by atoms with van der Waals surface area (Å²) in [4.78, 5) is 24.0. The lowest BCUT2D eigenvalue weighted by Gasteiger charge is -2.24. The summed E-state index contributed by atoms with van der Waals surface area (Å²) in [6.07, 6.45) is 3.27. The smallest absolute Gasteiger partial charge is 0.227 e. The van der Waals surface area contributed by atoms with Crippen LogP contribution in [0.4, 0.5) is 11.5 Å². The zero-order chi connectivity index (χ0) is 15.5. The Labute approximate surface area is 128 Å². The molecule has 0 saturated carbocycles. The van der Waals surface area contributed by atoms with Gasteiger partial charge in [-0.1, -0.05) is 18.2 Å². The molecule has 0 fully saturated rings. The Hall–Kier alpha value is -2.63. The molecule has 6 nitrogen and oxygen atoms in total. The molecule has 22 heavy (non-hydrogen) atoms. The van der Waals surface area contributed by atoms with Gasteiger partial charge in [0.2, 0.25) is 11.8 Å². The first-order valence-corrected chi connectivity index (χ1v) is 7.30. The van der Waals surface area contributed by atoms with E-state index in [1.807, 2.05) is 24.3 Å². The molecule has 2 heterocycles. The van der Waals surface area contributed by atoms with Crippen LogP contribution in [0.5, 0.6) is 0 Å². The second kappa shape index (κ2) is 6.01. The molecule has 1 aliphatic rings. The van der Waals surface area contributed by atoms with Crippen LogP contribution in [-0.4, -0.2) is 21.6 Å². The molecule has 1 aromatic carbocycles. The van der Waals surface area contributed by atoms with Crippen LogP contribution in [0, 0.1) is 5.92 Å². The number of nitrogens with zero attached hydrogens (tertiary/aromatic N) is 2. The molecule has 2 aromatic rings. The van der Waals surface area contributed by atoms with Gasteiger partial charge in [0.1, 0.15) is 0 Å². The summed E-state index contributed by atoms with van der Waals surface area (Å²) in [7, 11) is 1.79. The van der Waals surface area contributed by atoms with Crippen molar-refractivity contribution in [1.82, 2.24) is 9.78 Å². The molecule has 0 saturated heterocycles. The standard InChI is InChI=1S/C16H18N4O2/c1-20-9-8-14(19-20)18-15(21)7-6-12-10-11-4-2-3-5-13(11)17-16(12)22/h2-5,8-9,12H,6-7,10H2,1H3,(H,17,22)(H,18,19,21)/t12-/m1/s1. The molecule has 6 heteroatoms. The van der Waals surface area contributed by atoms with E-state index in [0.29, 0.717) is 25.1 Å². The van der Waals surface area contributed by atoms with Crippen molar-refractivity contribution >= 4 is 23.3 Å². The van der Waals surface area contributed by atoms with Crippen molar-refractivity contribution < 1.29 is 9.59 Å². The minimum Gasteiger partial charge on any atom is -0.326 e. The van der Waals surface area contributed by atoms with E-state index in [1.54, 1.807) is 24.0 Å². The van der Waals surface area contributed by atoms with E-state index in [9.17, 15) is 9.59 Å². The van der Waals surface area contributed by atoms with Crippen molar-refractivity contribution in [3.05, 3.63) is 42.1 Å². The molecule has 0 unspecified atom stereocenters. The summed E-state index contributed by atoms with van der Waals surface area (Å²) in [5, 5.41) is 9.73. The normalized spacial score (nSPS) is 16.8. The lowest BCUT2D eigenvalue weighted by atomic mass is 9.89. The van der Waals surface area contributed by atoms with Crippen LogP contribution in [0.3, 0.4) is 0 Å². The average molecular weight is 298 g/mol. The molecule has 1 aromatic heterocycles. The van der Waals surface area contributed by atoms with Crippen LogP contribution in [0.2, 0.25) is 0 Å². The quantitative estimate of drug-likeness (QED) is 0.906. The number of anilines is 2. The highest BCUT2D eigenvalue weighted by atomic mass is 16.2. The van der Waals surface area contributed by atoms with Crippen LogP contribution >= 0.6 is 0 Å². The number of aryl methyl sites for hydroxylation is 1. The number of benzene rings is 1. The van der Waals surface area contributed by atoms with Crippen LogP contribution in [0.1, 0.15) is 18.4 Å². The predicted molar refractivity (Wildman–Crippen MR) is 83.3 cm³/mol. The van der Waals surface area contributed by atoms with Crippen LogP contribution in [0.25, 0.3) is 0 Å². The third-order valence-electron chi connectivity index (χ3n) is 3.81. The lowest BCUT2D eigenvalue weighted by molar-refractivity contribution is -0.121. The first-order chi connectivity index (χ1) is 10.6. The number of carbonyl (C=O) groups excluding carboxylic acids is 2.